The fourth-order valence-corrected chi connectivity index (χ4v) is 12.4. The molecule has 11 nitrogen and oxygen atoms in total. The van der Waals surface area contributed by atoms with E-state index in [9.17, 15) is 31.8 Å². The zero-order valence-electron chi connectivity index (χ0n) is 66.5. The smallest absolute Gasteiger partial charge is 0.445 e. The van der Waals surface area contributed by atoms with Crippen LogP contribution in [0, 0.1) is 6.92 Å². The van der Waals surface area contributed by atoms with E-state index in [-0.39, 0.29) is 0 Å². The van der Waals surface area contributed by atoms with E-state index in [0.717, 1.165) is 65.4 Å². The van der Waals surface area contributed by atoms with Gasteiger partial charge in [0, 0.05) is 10.8 Å². The Kier molecular flexibility index (Phi) is 26.2. The number of benzene rings is 10. The fourth-order valence-electron chi connectivity index (χ4n) is 11.9. The molecule has 2 atom stereocenters. The molecular weight excluding hydrogens is 1390 g/mol. The number of fused-ring (bicyclic) bond motifs is 6. The molecule has 0 saturated heterocycles. The van der Waals surface area contributed by atoms with Crippen molar-refractivity contribution < 1.29 is 65.7 Å². The van der Waals surface area contributed by atoms with E-state index in [1.807, 2.05) is 57.2 Å². The van der Waals surface area contributed by atoms with Crippen molar-refractivity contribution in [1.82, 2.24) is 0 Å². The molecule has 2 aliphatic carbocycles. The lowest BCUT2D eigenvalue weighted by molar-refractivity contribution is -0.107. The van der Waals surface area contributed by atoms with Gasteiger partial charge in [0.25, 0.3) is 0 Å². The molecule has 0 heterocycles. The molecular formula is C90H105B4F3O11S. The highest BCUT2D eigenvalue weighted by molar-refractivity contribution is 7.88. The van der Waals surface area contributed by atoms with Gasteiger partial charge in [0.2, 0.25) is 7.37 Å². The fraction of sp³-hybridized carbons (Fsp3) is 0.378. The standard InChI is InChI=1S/C38H37B2O2.C34H27F3O3S.C6H13B2O2.2C6H14O2/c1-36(2,41)37(3,4)42-40-31-21-17-29(18-22-31)38(5,28-15-19-30(39)20-16-28)27-13-10-25(11-14-27)35-24-26-12-23-32(26)33-8-6-7-9-34(33)35;1-22-7-12-25(13-8-22)33(2,27-16-18-28(19-17-27)40-41(38,39)34(35,36)37)26-14-9-23(10-15-26)32-21-24-11-20-29(24)30-5-3-4-6-31(30)32;1-5(2,9)6(3,4)10-8-7;2*1-5(2,7)6(3,4)8/h6-11,13-22,24,41H,12,23H2,1-5H3;3-10,12-19,21H,11,20H2,1-2H3;9H,1-4H3;2*7-8H,1-4H3. The molecule has 12 rings (SSSR count). The predicted molar refractivity (Wildman–Crippen MR) is 441 cm³/mol. The van der Waals surface area contributed by atoms with Crippen molar-refractivity contribution in [2.45, 2.75) is 218 Å². The second kappa shape index (κ2) is 32.9. The van der Waals surface area contributed by atoms with Crippen molar-refractivity contribution in [2.75, 3.05) is 0 Å². The third kappa shape index (κ3) is 19.9. The Morgan fingerprint density at radius 2 is 0.688 bits per heavy atom. The van der Waals surface area contributed by atoms with Crippen molar-refractivity contribution in [3.05, 3.63) is 267 Å². The van der Waals surface area contributed by atoms with Gasteiger partial charge in [-0.1, -0.05) is 211 Å². The van der Waals surface area contributed by atoms with Crippen molar-refractivity contribution in [3.8, 4) is 28.0 Å². The van der Waals surface area contributed by atoms with E-state index in [1.54, 1.807) is 117 Å². The number of alkyl halides is 3. The minimum absolute atomic E-state index is 0.402. The maximum atomic E-state index is 12.8. The summed E-state index contributed by atoms with van der Waals surface area (Å²) in [5.41, 5.74) is 5.89. The summed E-state index contributed by atoms with van der Waals surface area (Å²) in [6.07, 6.45) is 4.53. The van der Waals surface area contributed by atoms with Crippen molar-refractivity contribution in [1.29, 1.82) is 0 Å². The van der Waals surface area contributed by atoms with Crippen LogP contribution in [-0.4, -0.2) is 120 Å². The molecule has 0 aliphatic heterocycles. The summed E-state index contributed by atoms with van der Waals surface area (Å²) in [6.45, 7) is 33.2. The van der Waals surface area contributed by atoms with E-state index >= 15 is 0 Å². The summed E-state index contributed by atoms with van der Waals surface area (Å²) in [5.74, 6) is -0.403. The third-order valence-corrected chi connectivity index (χ3v) is 23.6. The molecule has 0 bridgehead atoms. The highest BCUT2D eigenvalue weighted by Gasteiger charge is 2.49. The highest BCUT2D eigenvalue weighted by atomic mass is 32.2. The van der Waals surface area contributed by atoms with Crippen LogP contribution in [0.3, 0.4) is 0 Å². The maximum Gasteiger partial charge on any atom is 0.534 e. The quantitative estimate of drug-likeness (QED) is 0.0196. The highest BCUT2D eigenvalue weighted by Crippen LogP contribution is 2.45. The Bertz CT molecular complexity index is 4810. The van der Waals surface area contributed by atoms with Crippen LogP contribution in [0.15, 0.2) is 206 Å². The van der Waals surface area contributed by atoms with Crippen molar-refractivity contribution in [2.24, 2.45) is 0 Å². The molecule has 0 aromatic heterocycles. The Morgan fingerprint density at radius 3 is 0.982 bits per heavy atom. The molecule has 10 aromatic rings. The number of halogens is 3. The summed E-state index contributed by atoms with van der Waals surface area (Å²) in [7, 11) is 8.21. The molecule has 6 radical (unpaired) electrons. The van der Waals surface area contributed by atoms with Crippen LogP contribution >= 0.6 is 0 Å². The molecule has 0 fully saturated rings. The van der Waals surface area contributed by atoms with E-state index in [2.05, 4.69) is 164 Å². The van der Waals surface area contributed by atoms with Gasteiger partial charge in [0.05, 0.1) is 52.5 Å². The first-order valence-electron chi connectivity index (χ1n) is 36.8. The van der Waals surface area contributed by atoms with E-state index in [4.69, 9.17) is 45.3 Å². The minimum atomic E-state index is -5.76. The molecule has 109 heavy (non-hydrogen) atoms. The zero-order chi connectivity index (χ0) is 81.1. The summed E-state index contributed by atoms with van der Waals surface area (Å²) >= 11 is 0. The second-order valence-corrected chi connectivity index (χ2v) is 34.6. The first-order valence-corrected chi connectivity index (χ1v) is 38.2. The van der Waals surface area contributed by atoms with E-state index in [1.165, 1.54) is 95.7 Å². The molecule has 19 heteroatoms. The molecule has 0 amide bonds. The van der Waals surface area contributed by atoms with E-state index in [0.29, 0.717) is 0 Å². The van der Waals surface area contributed by atoms with Crippen LogP contribution in [-0.2, 0) is 55.9 Å². The molecule has 6 N–H and O–H groups in total. The van der Waals surface area contributed by atoms with Gasteiger partial charge in [-0.05, 0) is 269 Å². The Balaban J connectivity index is 0.000000207. The molecule has 0 spiro atoms. The normalized spacial score (nSPS) is 14.5. The van der Waals surface area contributed by atoms with Crippen LogP contribution in [0.4, 0.5) is 13.2 Å². The van der Waals surface area contributed by atoms with Gasteiger partial charge < -0.3 is 44.1 Å². The first kappa shape index (κ1) is 86.8. The number of aryl methyl sites for hydroxylation is 5. The lowest BCUT2D eigenvalue weighted by Crippen LogP contribution is -2.49. The number of hydrogen-bond donors (Lipinski definition) is 6. The lowest BCUT2D eigenvalue weighted by atomic mass is 9.69. The van der Waals surface area contributed by atoms with E-state index < -0.39 is 77.0 Å². The SMILES string of the molecule is CC(C)(O)C(C)(C)O.CC(C)(O)C(C)(C)O.Cc1ccc(C(C)(c2ccc(OS(=O)(=O)C(F)(F)F)cc2)c2ccc(-c3cc4c(c5ccccc35)CC4)cc2)cc1.[B][B]OC(C)(C)C(C)(C)O.[B]c1ccc(C(C)(c2ccc([B]OC(C)(C)C(C)(C)O)cc2)c2ccc(-c3cc4c(c5ccccc35)CC4)cc2)cc1. The molecule has 2 aliphatic rings. The molecule has 570 valence electrons. The van der Waals surface area contributed by atoms with Gasteiger partial charge in [-0.25, -0.2) is 0 Å². The second-order valence-electron chi connectivity index (χ2n) is 33.1. The number of hydrogen-bond acceptors (Lipinski definition) is 11. The van der Waals surface area contributed by atoms with Crippen molar-refractivity contribution in [3.63, 3.8) is 0 Å². The van der Waals surface area contributed by atoms with Gasteiger partial charge in [0.15, 0.2) is 0 Å². The first-order chi connectivity index (χ1) is 50.3. The van der Waals surface area contributed by atoms with Crippen LogP contribution in [0.25, 0.3) is 43.8 Å². The van der Waals surface area contributed by atoms with Crippen molar-refractivity contribution >= 4 is 73.0 Å². The average molecular weight is 1500 g/mol. The van der Waals surface area contributed by atoms with Gasteiger partial charge >= 0.3 is 23.1 Å². The summed E-state index contributed by atoms with van der Waals surface area (Å²) in [4.78, 5) is 0. The third-order valence-electron chi connectivity index (χ3n) is 22.7. The Hall–Kier alpha value is -7.80. The van der Waals surface area contributed by atoms with Gasteiger partial charge in [-0.15, -0.1) is 0 Å². The molecule has 10 aromatic carbocycles. The largest absolute Gasteiger partial charge is 0.534 e. The van der Waals surface area contributed by atoms with Crippen LogP contribution in [0.2, 0.25) is 0 Å². The Labute approximate surface area is 648 Å². The van der Waals surface area contributed by atoms with Crippen LogP contribution in [0.1, 0.15) is 186 Å². The Morgan fingerprint density at radius 1 is 0.385 bits per heavy atom. The van der Waals surface area contributed by atoms with Crippen LogP contribution in [0.5, 0.6) is 5.75 Å². The van der Waals surface area contributed by atoms with Gasteiger partial charge in [0.1, 0.15) is 13.6 Å². The summed E-state index contributed by atoms with van der Waals surface area (Å²) < 4.78 is 76.9. The minimum Gasteiger partial charge on any atom is -0.445 e. The zero-order valence-corrected chi connectivity index (χ0v) is 67.4. The topological polar surface area (TPSA) is 183 Å². The van der Waals surface area contributed by atoms with Gasteiger partial charge in [-0.3, -0.25) is 0 Å². The van der Waals surface area contributed by atoms with Crippen LogP contribution < -0.4 is 15.1 Å². The average Bonchev–Trinajstić information content (AvgIpc) is 0.758. The monoisotopic (exact) mass is 1490 g/mol. The molecule has 2 unspecified atom stereocenters. The molecule has 0 saturated carbocycles. The summed E-state index contributed by atoms with van der Waals surface area (Å²) in [5, 5.41) is 61.6. The summed E-state index contributed by atoms with van der Waals surface area (Å²) in [6, 6.07) is 70.0. The number of aliphatic hydroxyl groups is 6. The lowest BCUT2D eigenvalue weighted by Gasteiger charge is -2.37. The van der Waals surface area contributed by atoms with Gasteiger partial charge in [-0.2, -0.15) is 21.6 Å². The number of rotatable bonds is 19. The maximum absolute atomic E-state index is 12.8. The predicted octanol–water partition coefficient (Wildman–Crippen LogP) is 16.4.